The Morgan fingerprint density at radius 3 is 2.26 bits per heavy atom. The van der Waals surface area contributed by atoms with E-state index in [1.54, 1.807) is 18.2 Å². The Labute approximate surface area is 234 Å². The molecule has 0 aliphatic heterocycles. The lowest BCUT2D eigenvalue weighted by Crippen LogP contribution is -2.50. The fraction of sp³-hybridized carbons (Fsp3) is 0.310. The number of nitrogens with zero attached hydrogens (tertiary/aromatic N) is 2. The molecule has 10 heteroatoms. The molecule has 3 rings (SSSR count). The van der Waals surface area contributed by atoms with Crippen molar-refractivity contribution in [1.29, 1.82) is 0 Å². The first-order chi connectivity index (χ1) is 18.6. The van der Waals surface area contributed by atoms with E-state index in [1.165, 1.54) is 29.2 Å². The molecule has 0 fully saturated rings. The van der Waals surface area contributed by atoms with E-state index in [0.717, 1.165) is 21.7 Å². The molecular weight excluding hydrogens is 541 g/mol. The van der Waals surface area contributed by atoms with Crippen molar-refractivity contribution in [3.63, 3.8) is 0 Å². The van der Waals surface area contributed by atoms with Crippen molar-refractivity contribution >= 4 is 39.1 Å². The Hall–Kier alpha value is -3.43. The number of benzene rings is 3. The molecule has 1 atom stereocenters. The van der Waals surface area contributed by atoms with Gasteiger partial charge in [-0.2, -0.15) is 0 Å². The maximum absolute atomic E-state index is 13.7. The molecule has 0 aliphatic rings. The maximum Gasteiger partial charge on any atom is 0.243 e. The molecule has 0 saturated carbocycles. The van der Waals surface area contributed by atoms with Gasteiger partial charge in [-0.3, -0.25) is 13.9 Å². The summed E-state index contributed by atoms with van der Waals surface area (Å²) in [6.45, 7) is 2.40. The minimum Gasteiger partial charge on any atom is -0.355 e. The van der Waals surface area contributed by atoms with Crippen molar-refractivity contribution in [2.75, 3.05) is 23.7 Å². The van der Waals surface area contributed by atoms with Crippen molar-refractivity contribution in [3.05, 3.63) is 101 Å². The lowest BCUT2D eigenvalue weighted by molar-refractivity contribution is -0.141. The van der Waals surface area contributed by atoms with Gasteiger partial charge in [0.2, 0.25) is 21.8 Å². The van der Waals surface area contributed by atoms with Crippen molar-refractivity contribution in [1.82, 2.24) is 10.2 Å². The van der Waals surface area contributed by atoms with Gasteiger partial charge in [-0.1, -0.05) is 54.1 Å². The summed E-state index contributed by atoms with van der Waals surface area (Å²) >= 11 is 6.19. The molecule has 0 heterocycles. The Bertz CT molecular complexity index is 1350. The average molecular weight is 574 g/mol. The van der Waals surface area contributed by atoms with Gasteiger partial charge >= 0.3 is 0 Å². The molecule has 0 aromatic heterocycles. The van der Waals surface area contributed by atoms with Crippen molar-refractivity contribution in [3.8, 4) is 0 Å². The summed E-state index contributed by atoms with van der Waals surface area (Å²) in [4.78, 5) is 28.4. The van der Waals surface area contributed by atoms with Crippen molar-refractivity contribution in [2.24, 2.45) is 0 Å². The quantitative estimate of drug-likeness (QED) is 0.318. The first-order valence-corrected chi connectivity index (χ1v) is 14.9. The number of hydrogen-bond donors (Lipinski definition) is 1. The van der Waals surface area contributed by atoms with Gasteiger partial charge in [-0.05, 0) is 60.9 Å². The zero-order valence-corrected chi connectivity index (χ0v) is 23.6. The first kappa shape index (κ1) is 30.1. The highest BCUT2D eigenvalue weighted by Crippen LogP contribution is 2.21. The summed E-state index contributed by atoms with van der Waals surface area (Å²) in [7, 11) is -3.67. The molecule has 39 heavy (non-hydrogen) atoms. The van der Waals surface area contributed by atoms with E-state index < -0.39 is 21.9 Å². The zero-order valence-electron chi connectivity index (χ0n) is 22.0. The summed E-state index contributed by atoms with van der Waals surface area (Å²) < 4.78 is 39.4. The highest BCUT2D eigenvalue weighted by molar-refractivity contribution is 7.92. The number of hydrogen-bond acceptors (Lipinski definition) is 4. The van der Waals surface area contributed by atoms with Gasteiger partial charge < -0.3 is 10.2 Å². The molecule has 0 saturated heterocycles. The molecule has 0 radical (unpaired) electrons. The van der Waals surface area contributed by atoms with Gasteiger partial charge in [0.1, 0.15) is 11.9 Å². The minimum absolute atomic E-state index is 0.00151. The summed E-state index contributed by atoms with van der Waals surface area (Å²) in [6.07, 6.45) is 1.57. The van der Waals surface area contributed by atoms with Crippen LogP contribution in [0, 0.1) is 5.82 Å². The monoisotopic (exact) mass is 573 g/mol. The smallest absolute Gasteiger partial charge is 0.243 e. The molecule has 0 spiro atoms. The molecule has 3 aromatic carbocycles. The van der Waals surface area contributed by atoms with E-state index >= 15 is 0 Å². The van der Waals surface area contributed by atoms with Gasteiger partial charge in [0.05, 0.1) is 11.9 Å². The predicted molar refractivity (Wildman–Crippen MR) is 152 cm³/mol. The molecule has 2 amide bonds. The Balaban J connectivity index is 1.85. The van der Waals surface area contributed by atoms with Crippen molar-refractivity contribution in [2.45, 2.75) is 38.8 Å². The molecular formula is C29H33ClFN3O4S. The Morgan fingerprint density at radius 2 is 1.64 bits per heavy atom. The maximum atomic E-state index is 13.7. The number of rotatable bonds is 13. The molecule has 208 valence electrons. The van der Waals surface area contributed by atoms with Crippen LogP contribution in [0.1, 0.15) is 30.9 Å². The molecule has 7 nitrogen and oxygen atoms in total. The third-order valence-electron chi connectivity index (χ3n) is 6.13. The van der Waals surface area contributed by atoms with Gasteiger partial charge in [0.15, 0.2) is 0 Å². The van der Waals surface area contributed by atoms with Gasteiger partial charge in [0.25, 0.3) is 0 Å². The summed E-state index contributed by atoms with van der Waals surface area (Å²) in [5, 5.41) is 3.36. The molecule has 1 N–H and O–H groups in total. The fourth-order valence-corrected chi connectivity index (χ4v) is 5.47. The van der Waals surface area contributed by atoms with Crippen LogP contribution < -0.4 is 9.62 Å². The third kappa shape index (κ3) is 9.07. The van der Waals surface area contributed by atoms with Crippen LogP contribution >= 0.6 is 11.6 Å². The molecule has 1 unspecified atom stereocenters. The van der Waals surface area contributed by atoms with E-state index in [0.29, 0.717) is 23.7 Å². The lowest BCUT2D eigenvalue weighted by Gasteiger charge is -2.32. The molecule has 0 bridgehead atoms. The van der Waals surface area contributed by atoms with Gasteiger partial charge in [-0.15, -0.1) is 0 Å². The van der Waals surface area contributed by atoms with Crippen LogP contribution in [0.2, 0.25) is 5.02 Å². The van der Waals surface area contributed by atoms with Crippen LogP contribution in [0.25, 0.3) is 0 Å². The zero-order chi connectivity index (χ0) is 28.4. The van der Waals surface area contributed by atoms with E-state index in [9.17, 15) is 22.4 Å². The van der Waals surface area contributed by atoms with Crippen LogP contribution in [-0.4, -0.2) is 50.5 Å². The standard InChI is InChI=1S/C29H33ClFN3O4S/c1-3-32-29(36)27(20-22-9-5-4-6-10-22)33(21-23-11-7-12-24(30)19-23)28(35)13-8-18-34(39(2,37)38)26-16-14-25(31)15-17-26/h4-7,9-12,14-17,19,27H,3,8,13,18,20-21H2,1-2H3,(H,32,36). The Kier molecular flexibility index (Phi) is 10.9. The van der Waals surface area contributed by atoms with E-state index in [1.807, 2.05) is 43.3 Å². The number of amides is 2. The Morgan fingerprint density at radius 1 is 0.974 bits per heavy atom. The highest BCUT2D eigenvalue weighted by atomic mass is 35.5. The number of carbonyl (C=O) groups is 2. The second-order valence-corrected chi connectivity index (χ2v) is 11.5. The topological polar surface area (TPSA) is 86.8 Å². The average Bonchev–Trinajstić information content (AvgIpc) is 2.89. The van der Waals surface area contributed by atoms with E-state index in [-0.39, 0.29) is 37.7 Å². The largest absolute Gasteiger partial charge is 0.355 e. The van der Waals surface area contributed by atoms with Gasteiger partial charge in [-0.25, -0.2) is 12.8 Å². The fourth-order valence-electron chi connectivity index (χ4n) is 4.29. The van der Waals surface area contributed by atoms with E-state index in [4.69, 9.17) is 11.6 Å². The number of carbonyl (C=O) groups excluding carboxylic acids is 2. The van der Waals surface area contributed by atoms with Crippen LogP contribution in [-0.2, 0) is 32.6 Å². The van der Waals surface area contributed by atoms with Crippen molar-refractivity contribution < 1.29 is 22.4 Å². The van der Waals surface area contributed by atoms with Gasteiger partial charge in [0, 0.05) is 37.5 Å². The number of nitrogens with one attached hydrogen (secondary N) is 1. The summed E-state index contributed by atoms with van der Waals surface area (Å²) in [5.74, 6) is -1.05. The lowest BCUT2D eigenvalue weighted by atomic mass is 10.0. The summed E-state index contributed by atoms with van der Waals surface area (Å²) in [5.41, 5.74) is 1.98. The van der Waals surface area contributed by atoms with Crippen LogP contribution in [0.3, 0.4) is 0 Å². The second-order valence-electron chi connectivity index (χ2n) is 9.17. The normalized spacial score (nSPS) is 12.0. The minimum atomic E-state index is -3.67. The number of likely N-dealkylation sites (N-methyl/N-ethyl adjacent to an activating group) is 1. The number of anilines is 1. The third-order valence-corrected chi connectivity index (χ3v) is 7.56. The van der Waals surface area contributed by atoms with Crippen LogP contribution in [0.5, 0.6) is 0 Å². The number of halogens is 2. The van der Waals surface area contributed by atoms with Crippen LogP contribution in [0.15, 0.2) is 78.9 Å². The summed E-state index contributed by atoms with van der Waals surface area (Å²) in [6, 6.07) is 20.9. The predicted octanol–water partition coefficient (Wildman–Crippen LogP) is 4.80. The second kappa shape index (κ2) is 14.1. The highest BCUT2D eigenvalue weighted by Gasteiger charge is 2.30. The SMILES string of the molecule is CCNC(=O)C(Cc1ccccc1)N(Cc1cccc(Cl)c1)C(=O)CCCN(c1ccc(F)cc1)S(C)(=O)=O. The number of sulfonamides is 1. The van der Waals surface area contributed by atoms with Crippen LogP contribution in [0.4, 0.5) is 10.1 Å². The van der Waals surface area contributed by atoms with E-state index in [2.05, 4.69) is 5.32 Å². The molecule has 3 aromatic rings. The molecule has 0 aliphatic carbocycles. The first-order valence-electron chi connectivity index (χ1n) is 12.7.